The third-order valence-corrected chi connectivity index (χ3v) is 3.25. The van der Waals surface area contributed by atoms with Gasteiger partial charge in [0.2, 0.25) is 0 Å². The second-order valence-corrected chi connectivity index (χ2v) is 4.79. The van der Waals surface area contributed by atoms with Gasteiger partial charge in [-0.1, -0.05) is 0 Å². The van der Waals surface area contributed by atoms with Gasteiger partial charge in [-0.05, 0) is 32.0 Å². The molecule has 0 atom stereocenters. The van der Waals surface area contributed by atoms with Crippen LogP contribution < -0.4 is 10.6 Å². The van der Waals surface area contributed by atoms with Gasteiger partial charge in [-0.3, -0.25) is 4.55 Å². The van der Waals surface area contributed by atoms with Crippen molar-refractivity contribution < 1.29 is 13.0 Å². The Morgan fingerprint density at radius 1 is 1.31 bits per heavy atom. The zero-order chi connectivity index (χ0) is 12.3. The molecule has 0 amide bonds. The lowest BCUT2D eigenvalue weighted by atomic mass is 10.2. The van der Waals surface area contributed by atoms with E-state index >= 15 is 0 Å². The smallest absolute Gasteiger partial charge is 0.294 e. The molecule has 1 rings (SSSR count). The summed E-state index contributed by atoms with van der Waals surface area (Å²) in [6.45, 7) is 5.54. The highest BCUT2D eigenvalue weighted by Crippen LogP contribution is 2.25. The quantitative estimate of drug-likeness (QED) is 0.617. The van der Waals surface area contributed by atoms with Crippen molar-refractivity contribution in [3.05, 3.63) is 18.2 Å². The van der Waals surface area contributed by atoms with E-state index in [1.807, 2.05) is 18.7 Å². The van der Waals surface area contributed by atoms with Crippen molar-refractivity contribution in [2.45, 2.75) is 18.7 Å². The Hall–Kier alpha value is -1.27. The van der Waals surface area contributed by atoms with Crippen LogP contribution in [0.5, 0.6) is 0 Å². The molecule has 0 bridgehead atoms. The molecule has 0 spiro atoms. The molecule has 0 heterocycles. The zero-order valence-corrected chi connectivity index (χ0v) is 10.2. The van der Waals surface area contributed by atoms with Crippen LogP contribution in [0.3, 0.4) is 0 Å². The van der Waals surface area contributed by atoms with Crippen molar-refractivity contribution in [2.24, 2.45) is 0 Å². The molecule has 0 unspecified atom stereocenters. The van der Waals surface area contributed by atoms with Crippen molar-refractivity contribution in [1.29, 1.82) is 0 Å². The van der Waals surface area contributed by atoms with Gasteiger partial charge in [0.25, 0.3) is 10.1 Å². The van der Waals surface area contributed by atoms with E-state index in [-0.39, 0.29) is 4.90 Å². The molecule has 0 radical (unpaired) electrons. The van der Waals surface area contributed by atoms with Gasteiger partial charge in [0.15, 0.2) is 0 Å². The zero-order valence-electron chi connectivity index (χ0n) is 9.34. The number of nitrogens with zero attached hydrogens (tertiary/aromatic N) is 1. The van der Waals surface area contributed by atoms with Gasteiger partial charge in [0.1, 0.15) is 0 Å². The number of nitrogen functional groups attached to an aromatic ring is 1. The van der Waals surface area contributed by atoms with Crippen LogP contribution in [-0.2, 0) is 10.1 Å². The topological polar surface area (TPSA) is 83.6 Å². The summed E-state index contributed by atoms with van der Waals surface area (Å²) in [6, 6.07) is 4.22. The number of rotatable bonds is 4. The van der Waals surface area contributed by atoms with Crippen molar-refractivity contribution in [2.75, 3.05) is 23.7 Å². The lowest BCUT2D eigenvalue weighted by Crippen LogP contribution is -2.23. The van der Waals surface area contributed by atoms with E-state index in [2.05, 4.69) is 0 Å². The molecule has 0 aliphatic carbocycles. The Bertz CT molecular complexity index is 467. The van der Waals surface area contributed by atoms with E-state index in [9.17, 15) is 8.42 Å². The number of hydrogen-bond donors (Lipinski definition) is 2. The van der Waals surface area contributed by atoms with Gasteiger partial charge in [-0.25, -0.2) is 0 Å². The van der Waals surface area contributed by atoms with Crippen LogP contribution in [-0.4, -0.2) is 26.1 Å². The minimum atomic E-state index is -4.18. The summed E-state index contributed by atoms with van der Waals surface area (Å²) in [5.74, 6) is 0. The Balaban J connectivity index is 3.19. The summed E-state index contributed by atoms with van der Waals surface area (Å²) in [6.07, 6.45) is 0. The highest BCUT2D eigenvalue weighted by atomic mass is 32.2. The van der Waals surface area contributed by atoms with Crippen molar-refractivity contribution in [3.63, 3.8) is 0 Å². The van der Waals surface area contributed by atoms with Crippen LogP contribution in [0, 0.1) is 0 Å². The highest BCUT2D eigenvalue weighted by molar-refractivity contribution is 7.85. The summed E-state index contributed by atoms with van der Waals surface area (Å²) in [5, 5.41) is 0. The van der Waals surface area contributed by atoms with Crippen LogP contribution in [0.15, 0.2) is 23.1 Å². The van der Waals surface area contributed by atoms with Crippen LogP contribution >= 0.6 is 0 Å². The third kappa shape index (κ3) is 2.65. The summed E-state index contributed by atoms with van der Waals surface area (Å²) in [5.41, 5.74) is 6.87. The van der Waals surface area contributed by atoms with Gasteiger partial charge >= 0.3 is 0 Å². The average molecular weight is 244 g/mol. The molecule has 0 aliphatic rings. The third-order valence-electron chi connectivity index (χ3n) is 2.40. The summed E-state index contributed by atoms with van der Waals surface area (Å²) in [7, 11) is -4.18. The summed E-state index contributed by atoms with van der Waals surface area (Å²) in [4.78, 5) is 1.82. The van der Waals surface area contributed by atoms with Crippen LogP contribution in [0.1, 0.15) is 13.8 Å². The van der Waals surface area contributed by atoms with Crippen molar-refractivity contribution in [1.82, 2.24) is 0 Å². The molecule has 0 saturated carbocycles. The second kappa shape index (κ2) is 4.71. The normalized spacial score (nSPS) is 11.4. The Kier molecular flexibility index (Phi) is 3.77. The van der Waals surface area contributed by atoms with Crippen molar-refractivity contribution >= 4 is 21.5 Å². The van der Waals surface area contributed by atoms with Gasteiger partial charge in [-0.2, -0.15) is 8.42 Å². The maximum absolute atomic E-state index is 10.9. The molecule has 0 aliphatic heterocycles. The molecule has 0 fully saturated rings. The Morgan fingerprint density at radius 3 is 2.25 bits per heavy atom. The minimum Gasteiger partial charge on any atom is -0.397 e. The van der Waals surface area contributed by atoms with E-state index in [1.165, 1.54) is 12.1 Å². The van der Waals surface area contributed by atoms with E-state index in [0.29, 0.717) is 5.69 Å². The minimum absolute atomic E-state index is 0.180. The maximum atomic E-state index is 10.9. The van der Waals surface area contributed by atoms with E-state index < -0.39 is 10.1 Å². The molecule has 90 valence electrons. The summed E-state index contributed by atoms with van der Waals surface area (Å²) >= 11 is 0. The molecule has 1 aromatic rings. The van der Waals surface area contributed by atoms with Gasteiger partial charge < -0.3 is 10.6 Å². The first-order chi connectivity index (χ1) is 7.40. The fraction of sp³-hybridized carbons (Fsp3) is 0.400. The molecule has 0 aromatic heterocycles. The molecule has 0 saturated heterocycles. The number of anilines is 2. The van der Waals surface area contributed by atoms with Crippen LogP contribution in [0.4, 0.5) is 11.4 Å². The first-order valence-electron chi connectivity index (χ1n) is 5.02. The van der Waals surface area contributed by atoms with E-state index in [4.69, 9.17) is 10.3 Å². The molecular weight excluding hydrogens is 228 g/mol. The number of benzene rings is 1. The molecule has 6 heteroatoms. The predicted octanol–water partition coefficient (Wildman–Crippen LogP) is 1.36. The Labute approximate surface area is 95.6 Å². The van der Waals surface area contributed by atoms with E-state index in [0.717, 1.165) is 18.8 Å². The molecule has 16 heavy (non-hydrogen) atoms. The lowest BCUT2D eigenvalue weighted by molar-refractivity contribution is 0.483. The predicted molar refractivity (Wildman–Crippen MR) is 64.2 cm³/mol. The summed E-state index contributed by atoms with van der Waals surface area (Å²) < 4.78 is 30.6. The lowest BCUT2D eigenvalue weighted by Gasteiger charge is -2.22. The van der Waals surface area contributed by atoms with Crippen LogP contribution in [0.25, 0.3) is 0 Å². The highest BCUT2D eigenvalue weighted by Gasteiger charge is 2.13. The van der Waals surface area contributed by atoms with Crippen LogP contribution in [0.2, 0.25) is 0 Å². The fourth-order valence-corrected chi connectivity index (χ4v) is 2.06. The van der Waals surface area contributed by atoms with Gasteiger partial charge in [-0.15, -0.1) is 0 Å². The van der Waals surface area contributed by atoms with Gasteiger partial charge in [0, 0.05) is 13.1 Å². The van der Waals surface area contributed by atoms with E-state index in [1.54, 1.807) is 6.07 Å². The molecule has 1 aromatic carbocycles. The monoisotopic (exact) mass is 244 g/mol. The standard InChI is InChI=1S/C10H16N2O3S/c1-3-12(4-2)10-6-5-8(7-9(10)11)16(13,14)15/h5-7H,3-4,11H2,1-2H3,(H,13,14,15). The first kappa shape index (κ1) is 12.8. The molecule has 5 nitrogen and oxygen atoms in total. The fourth-order valence-electron chi connectivity index (χ4n) is 1.55. The molecular formula is C10H16N2O3S. The first-order valence-corrected chi connectivity index (χ1v) is 6.46. The average Bonchev–Trinajstić information content (AvgIpc) is 2.20. The van der Waals surface area contributed by atoms with Gasteiger partial charge in [0.05, 0.1) is 16.3 Å². The maximum Gasteiger partial charge on any atom is 0.294 e. The van der Waals surface area contributed by atoms with Crippen molar-refractivity contribution in [3.8, 4) is 0 Å². The SMILES string of the molecule is CCN(CC)c1ccc(S(=O)(=O)O)cc1N. The number of hydrogen-bond acceptors (Lipinski definition) is 4. The number of nitrogens with two attached hydrogens (primary N) is 1. The Morgan fingerprint density at radius 2 is 1.88 bits per heavy atom. The molecule has 3 N–H and O–H groups in total. The second-order valence-electron chi connectivity index (χ2n) is 3.37. The largest absolute Gasteiger partial charge is 0.397 e.